The average molecular weight is 301 g/mol. The van der Waals surface area contributed by atoms with E-state index in [9.17, 15) is 14.7 Å². The lowest BCUT2D eigenvalue weighted by molar-refractivity contribution is 0.0684. The first-order valence-corrected chi connectivity index (χ1v) is 6.49. The summed E-state index contributed by atoms with van der Waals surface area (Å²) in [5.74, 6) is -2.20. The van der Waals surface area contributed by atoms with Crippen molar-refractivity contribution < 1.29 is 19.8 Å². The molecule has 114 valence electrons. The van der Waals surface area contributed by atoms with Crippen LogP contribution in [0.15, 0.2) is 18.2 Å². The molecule has 2 aromatic rings. The number of aromatic hydroxyl groups is 1. The molecule has 2 rings (SSSR count). The number of rotatable bonds is 3. The van der Waals surface area contributed by atoms with E-state index in [-0.39, 0.29) is 17.1 Å². The third-order valence-corrected chi connectivity index (χ3v) is 3.12. The molecule has 0 radical (unpaired) electrons. The van der Waals surface area contributed by atoms with E-state index in [0.29, 0.717) is 11.4 Å². The Balaban J connectivity index is 2.43. The summed E-state index contributed by atoms with van der Waals surface area (Å²) >= 11 is 0. The van der Waals surface area contributed by atoms with Gasteiger partial charge in [-0.1, -0.05) is 6.07 Å². The normalized spacial score (nSPS) is 10.3. The number of hydrogen-bond acceptors (Lipinski definition) is 5. The van der Waals surface area contributed by atoms with Crippen molar-refractivity contribution in [1.82, 2.24) is 9.97 Å². The van der Waals surface area contributed by atoms with Crippen LogP contribution in [0.4, 0.5) is 5.69 Å². The minimum Gasteiger partial charge on any atom is -0.506 e. The van der Waals surface area contributed by atoms with Gasteiger partial charge >= 0.3 is 5.97 Å². The number of phenolic OH excluding ortho intramolecular Hbond substituents is 1. The van der Waals surface area contributed by atoms with Gasteiger partial charge in [0.1, 0.15) is 5.75 Å². The number of nitrogens with one attached hydrogen (secondary N) is 1. The Morgan fingerprint density at radius 3 is 2.23 bits per heavy atom. The fraction of sp³-hybridized carbons (Fsp3) is 0.200. The molecule has 1 aromatic heterocycles. The minimum atomic E-state index is -1.34. The molecule has 7 nitrogen and oxygen atoms in total. The van der Waals surface area contributed by atoms with Crippen LogP contribution in [-0.4, -0.2) is 32.1 Å². The van der Waals surface area contributed by atoms with E-state index < -0.39 is 17.6 Å². The fourth-order valence-corrected chi connectivity index (χ4v) is 1.84. The summed E-state index contributed by atoms with van der Waals surface area (Å²) in [6.07, 6.45) is 0. The highest BCUT2D eigenvalue weighted by Crippen LogP contribution is 2.24. The number of amides is 1. The first-order valence-electron chi connectivity index (χ1n) is 6.49. The number of nitrogens with zero attached hydrogens (tertiary/aromatic N) is 2. The van der Waals surface area contributed by atoms with E-state index in [1.54, 1.807) is 32.9 Å². The smallest absolute Gasteiger partial charge is 0.356 e. The Morgan fingerprint density at radius 2 is 1.64 bits per heavy atom. The molecular formula is C15H15N3O4. The van der Waals surface area contributed by atoms with E-state index in [2.05, 4.69) is 15.3 Å². The lowest BCUT2D eigenvalue weighted by Gasteiger charge is -2.10. The van der Waals surface area contributed by atoms with Crippen molar-refractivity contribution in [2.24, 2.45) is 0 Å². The molecule has 0 fully saturated rings. The number of phenols is 1. The van der Waals surface area contributed by atoms with Crippen LogP contribution in [0.5, 0.6) is 5.75 Å². The van der Waals surface area contributed by atoms with Crippen molar-refractivity contribution in [1.29, 1.82) is 0 Å². The van der Waals surface area contributed by atoms with Gasteiger partial charge < -0.3 is 15.5 Å². The first-order chi connectivity index (χ1) is 10.3. The van der Waals surface area contributed by atoms with Crippen LogP contribution in [0.3, 0.4) is 0 Å². The summed E-state index contributed by atoms with van der Waals surface area (Å²) in [5.41, 5.74) is 1.19. The molecule has 22 heavy (non-hydrogen) atoms. The quantitative estimate of drug-likeness (QED) is 0.748. The van der Waals surface area contributed by atoms with Gasteiger partial charge in [0.05, 0.1) is 17.1 Å². The monoisotopic (exact) mass is 301 g/mol. The van der Waals surface area contributed by atoms with Crippen LogP contribution in [0.2, 0.25) is 0 Å². The topological polar surface area (TPSA) is 112 Å². The van der Waals surface area contributed by atoms with Crippen LogP contribution in [0, 0.1) is 20.8 Å². The molecule has 0 aliphatic carbocycles. The lowest BCUT2D eigenvalue weighted by Crippen LogP contribution is -2.21. The van der Waals surface area contributed by atoms with Gasteiger partial charge in [-0.15, -0.1) is 0 Å². The van der Waals surface area contributed by atoms with E-state index in [1.807, 2.05) is 0 Å². The number of carboxylic acids is 1. The van der Waals surface area contributed by atoms with Gasteiger partial charge in [-0.3, -0.25) is 4.79 Å². The largest absolute Gasteiger partial charge is 0.506 e. The van der Waals surface area contributed by atoms with E-state index in [0.717, 1.165) is 5.56 Å². The standard InChI is InChI=1S/C15H15N3O4/c1-7-4-5-11(19)10(6-7)18-14(20)12-13(15(21)22)17-9(3)8(2)16-12/h4-6,19H,1-3H3,(H,18,20)(H,21,22). The highest BCUT2D eigenvalue weighted by Gasteiger charge is 2.22. The zero-order chi connectivity index (χ0) is 16.4. The molecule has 0 spiro atoms. The highest BCUT2D eigenvalue weighted by atomic mass is 16.4. The minimum absolute atomic E-state index is 0.118. The average Bonchev–Trinajstić information content (AvgIpc) is 2.45. The summed E-state index contributed by atoms with van der Waals surface area (Å²) < 4.78 is 0. The molecular weight excluding hydrogens is 286 g/mol. The Kier molecular flexibility index (Phi) is 4.07. The molecule has 0 aliphatic heterocycles. The van der Waals surface area contributed by atoms with Gasteiger partial charge in [-0.2, -0.15) is 0 Å². The number of benzene rings is 1. The second-order valence-corrected chi connectivity index (χ2v) is 4.87. The van der Waals surface area contributed by atoms with Gasteiger partial charge in [0.15, 0.2) is 11.4 Å². The van der Waals surface area contributed by atoms with Crippen LogP contribution in [0.1, 0.15) is 37.9 Å². The lowest BCUT2D eigenvalue weighted by atomic mass is 10.2. The second kappa shape index (κ2) is 5.80. The molecule has 0 bridgehead atoms. The SMILES string of the molecule is Cc1ccc(O)c(NC(=O)c2nc(C)c(C)nc2C(=O)O)c1. The number of carbonyl (C=O) groups is 2. The first kappa shape index (κ1) is 15.4. The maximum absolute atomic E-state index is 12.3. The zero-order valence-corrected chi connectivity index (χ0v) is 12.3. The predicted octanol–water partition coefficient (Wildman–Crippen LogP) is 2.06. The maximum Gasteiger partial charge on any atom is 0.356 e. The number of carbonyl (C=O) groups excluding carboxylic acids is 1. The predicted molar refractivity (Wildman–Crippen MR) is 79.3 cm³/mol. The highest BCUT2D eigenvalue weighted by molar-refractivity contribution is 6.09. The summed E-state index contributed by atoms with van der Waals surface area (Å²) in [5, 5.41) is 21.4. The number of aromatic nitrogens is 2. The number of hydrogen-bond donors (Lipinski definition) is 3. The molecule has 3 N–H and O–H groups in total. The number of aromatic carboxylic acids is 1. The van der Waals surface area contributed by atoms with Gasteiger partial charge in [-0.25, -0.2) is 14.8 Å². The third kappa shape index (κ3) is 3.03. The summed E-state index contributed by atoms with van der Waals surface area (Å²) in [7, 11) is 0. The van der Waals surface area contributed by atoms with E-state index in [1.165, 1.54) is 6.07 Å². The summed E-state index contributed by atoms with van der Waals surface area (Å²) in [4.78, 5) is 31.4. The second-order valence-electron chi connectivity index (χ2n) is 4.87. The zero-order valence-electron chi connectivity index (χ0n) is 12.3. The number of anilines is 1. The molecule has 0 unspecified atom stereocenters. The van der Waals surface area contributed by atoms with Crippen LogP contribution < -0.4 is 5.32 Å². The van der Waals surface area contributed by atoms with Crippen molar-refractivity contribution in [3.8, 4) is 5.75 Å². The van der Waals surface area contributed by atoms with Gasteiger partial charge in [0.2, 0.25) is 0 Å². The fourth-order valence-electron chi connectivity index (χ4n) is 1.84. The van der Waals surface area contributed by atoms with Crippen LogP contribution in [-0.2, 0) is 0 Å². The number of aryl methyl sites for hydroxylation is 3. The Labute approximate surface area is 126 Å². The summed E-state index contributed by atoms with van der Waals surface area (Å²) in [6.45, 7) is 5.05. The molecule has 1 amide bonds. The van der Waals surface area contributed by atoms with Gasteiger partial charge in [-0.05, 0) is 38.5 Å². The molecule has 1 aromatic carbocycles. The Hall–Kier alpha value is -2.96. The van der Waals surface area contributed by atoms with Gasteiger partial charge in [0, 0.05) is 0 Å². The maximum atomic E-state index is 12.3. The molecule has 0 saturated heterocycles. The molecule has 0 atom stereocenters. The molecule has 0 aliphatic rings. The Morgan fingerprint density at radius 1 is 1.05 bits per heavy atom. The van der Waals surface area contributed by atoms with Crippen LogP contribution in [0.25, 0.3) is 0 Å². The van der Waals surface area contributed by atoms with Gasteiger partial charge in [0.25, 0.3) is 5.91 Å². The van der Waals surface area contributed by atoms with Crippen molar-refractivity contribution in [3.05, 3.63) is 46.5 Å². The van der Waals surface area contributed by atoms with Crippen molar-refractivity contribution in [3.63, 3.8) is 0 Å². The summed E-state index contributed by atoms with van der Waals surface area (Å²) in [6, 6.07) is 4.70. The number of carboxylic acid groups (broad SMARTS) is 1. The third-order valence-electron chi connectivity index (χ3n) is 3.12. The molecule has 0 saturated carbocycles. The van der Waals surface area contributed by atoms with Crippen molar-refractivity contribution >= 4 is 17.6 Å². The van der Waals surface area contributed by atoms with E-state index >= 15 is 0 Å². The molecule has 7 heteroatoms. The molecule has 1 heterocycles. The van der Waals surface area contributed by atoms with Crippen molar-refractivity contribution in [2.45, 2.75) is 20.8 Å². The van der Waals surface area contributed by atoms with Crippen LogP contribution >= 0.6 is 0 Å². The van der Waals surface area contributed by atoms with E-state index in [4.69, 9.17) is 5.11 Å². The Bertz CT molecular complexity index is 772. The van der Waals surface area contributed by atoms with Crippen molar-refractivity contribution in [2.75, 3.05) is 5.32 Å².